The molecule has 0 atom stereocenters. The molecule has 1 aromatic carbocycles. The van der Waals surface area contributed by atoms with Crippen LogP contribution in [0.1, 0.15) is 11.1 Å². The van der Waals surface area contributed by atoms with Crippen LogP contribution in [0.5, 0.6) is 0 Å². The van der Waals surface area contributed by atoms with Crippen LogP contribution in [0.25, 0.3) is 10.9 Å². The number of rotatable bonds is 3. The molecule has 3 heterocycles. The number of carbonyl (C=O) groups excluding carboxylic acids is 1. The van der Waals surface area contributed by atoms with Crippen LogP contribution in [0, 0.1) is 12.7 Å². The SMILES string of the molecule is Cc1cccc2[nH]cc(CC(=O)N3CCN(c4ccc(F)cn4)CC3)c12. The third-order valence-corrected chi connectivity index (χ3v) is 5.01. The van der Waals surface area contributed by atoms with Gasteiger partial charge in [0, 0.05) is 43.3 Å². The first-order valence-corrected chi connectivity index (χ1v) is 8.81. The standard InChI is InChI=1S/C20H21FN4O/c1-14-3-2-4-17-20(14)15(12-22-17)11-19(26)25-9-7-24(8-10-25)18-6-5-16(21)13-23-18/h2-6,12-13,22H,7-11H2,1H3. The zero-order valence-corrected chi connectivity index (χ0v) is 14.7. The van der Waals surface area contributed by atoms with E-state index in [1.165, 1.54) is 17.8 Å². The third-order valence-electron chi connectivity index (χ3n) is 5.01. The number of anilines is 1. The summed E-state index contributed by atoms with van der Waals surface area (Å²) < 4.78 is 13.0. The van der Waals surface area contributed by atoms with Crippen molar-refractivity contribution < 1.29 is 9.18 Å². The number of aromatic amines is 1. The highest BCUT2D eigenvalue weighted by molar-refractivity contribution is 5.91. The van der Waals surface area contributed by atoms with E-state index in [0.29, 0.717) is 32.6 Å². The third kappa shape index (κ3) is 3.14. The number of benzene rings is 1. The highest BCUT2D eigenvalue weighted by atomic mass is 19.1. The average Bonchev–Trinajstić information content (AvgIpc) is 3.07. The molecule has 0 spiro atoms. The number of aromatic nitrogens is 2. The van der Waals surface area contributed by atoms with Crippen molar-refractivity contribution in [2.24, 2.45) is 0 Å². The summed E-state index contributed by atoms with van der Waals surface area (Å²) in [6, 6.07) is 9.21. The van der Waals surface area contributed by atoms with Gasteiger partial charge in [0.25, 0.3) is 0 Å². The van der Waals surface area contributed by atoms with Crippen molar-refractivity contribution in [2.75, 3.05) is 31.1 Å². The number of carbonyl (C=O) groups is 1. The molecule has 2 aromatic heterocycles. The number of pyridine rings is 1. The van der Waals surface area contributed by atoms with Crippen molar-refractivity contribution >= 4 is 22.6 Å². The second kappa shape index (κ2) is 6.78. The minimum absolute atomic E-state index is 0.140. The Labute approximate surface area is 151 Å². The van der Waals surface area contributed by atoms with E-state index in [0.717, 1.165) is 22.3 Å². The molecule has 5 nitrogen and oxygen atoms in total. The van der Waals surface area contributed by atoms with Gasteiger partial charge in [-0.15, -0.1) is 0 Å². The maximum absolute atomic E-state index is 13.0. The molecule has 0 aliphatic carbocycles. The quantitative estimate of drug-likeness (QED) is 0.789. The summed E-state index contributed by atoms with van der Waals surface area (Å²) in [5.74, 6) is 0.559. The van der Waals surface area contributed by atoms with Gasteiger partial charge in [-0.25, -0.2) is 9.37 Å². The minimum Gasteiger partial charge on any atom is -0.361 e. The molecule has 26 heavy (non-hydrogen) atoms. The summed E-state index contributed by atoms with van der Waals surface area (Å²) in [5, 5.41) is 1.15. The van der Waals surface area contributed by atoms with Crippen molar-refractivity contribution in [3.63, 3.8) is 0 Å². The van der Waals surface area contributed by atoms with Gasteiger partial charge in [0.05, 0.1) is 12.6 Å². The van der Waals surface area contributed by atoms with Gasteiger partial charge in [0.1, 0.15) is 11.6 Å². The summed E-state index contributed by atoms with van der Waals surface area (Å²) >= 11 is 0. The molecule has 1 saturated heterocycles. The van der Waals surface area contributed by atoms with E-state index >= 15 is 0 Å². The van der Waals surface area contributed by atoms with Crippen LogP contribution in [0.15, 0.2) is 42.7 Å². The molecule has 1 aliphatic rings. The van der Waals surface area contributed by atoms with E-state index in [1.54, 1.807) is 6.07 Å². The first-order valence-electron chi connectivity index (χ1n) is 8.81. The van der Waals surface area contributed by atoms with Gasteiger partial charge < -0.3 is 14.8 Å². The van der Waals surface area contributed by atoms with E-state index in [9.17, 15) is 9.18 Å². The molecule has 134 valence electrons. The van der Waals surface area contributed by atoms with E-state index in [2.05, 4.69) is 27.9 Å². The number of H-pyrrole nitrogens is 1. The van der Waals surface area contributed by atoms with Crippen LogP contribution in [0.4, 0.5) is 10.2 Å². The van der Waals surface area contributed by atoms with Crippen LogP contribution in [-0.4, -0.2) is 47.0 Å². The second-order valence-electron chi connectivity index (χ2n) is 6.69. The zero-order chi connectivity index (χ0) is 18.1. The summed E-state index contributed by atoms with van der Waals surface area (Å²) in [6.07, 6.45) is 3.57. The van der Waals surface area contributed by atoms with Gasteiger partial charge in [-0.3, -0.25) is 4.79 Å². The molecule has 1 aliphatic heterocycles. The summed E-state index contributed by atoms with van der Waals surface area (Å²) in [5.41, 5.74) is 3.30. The van der Waals surface area contributed by atoms with Crippen LogP contribution < -0.4 is 4.90 Å². The smallest absolute Gasteiger partial charge is 0.227 e. The van der Waals surface area contributed by atoms with Crippen molar-refractivity contribution in [3.8, 4) is 0 Å². The number of nitrogens with zero attached hydrogens (tertiary/aromatic N) is 3. The normalized spacial score (nSPS) is 14.8. The number of halogens is 1. The van der Waals surface area contributed by atoms with Crippen molar-refractivity contribution in [3.05, 3.63) is 59.7 Å². The Morgan fingerprint density at radius 1 is 1.19 bits per heavy atom. The lowest BCUT2D eigenvalue weighted by atomic mass is 10.0. The molecular weight excluding hydrogens is 331 g/mol. The van der Waals surface area contributed by atoms with Crippen molar-refractivity contribution in [1.29, 1.82) is 0 Å². The van der Waals surface area contributed by atoms with Gasteiger partial charge >= 0.3 is 0 Å². The lowest BCUT2D eigenvalue weighted by Gasteiger charge is -2.35. The van der Waals surface area contributed by atoms with Crippen molar-refractivity contribution in [1.82, 2.24) is 14.9 Å². The van der Waals surface area contributed by atoms with Gasteiger partial charge in [-0.05, 0) is 36.2 Å². The molecule has 3 aromatic rings. The van der Waals surface area contributed by atoms with E-state index in [4.69, 9.17) is 0 Å². The highest BCUT2D eigenvalue weighted by Gasteiger charge is 2.23. The van der Waals surface area contributed by atoms with Crippen LogP contribution >= 0.6 is 0 Å². The van der Waals surface area contributed by atoms with E-state index < -0.39 is 0 Å². The first-order chi connectivity index (χ1) is 12.6. The van der Waals surface area contributed by atoms with Crippen LogP contribution in [0.3, 0.4) is 0 Å². The highest BCUT2D eigenvalue weighted by Crippen LogP contribution is 2.23. The summed E-state index contributed by atoms with van der Waals surface area (Å²) in [6.45, 7) is 4.78. The lowest BCUT2D eigenvalue weighted by molar-refractivity contribution is -0.130. The number of hydrogen-bond acceptors (Lipinski definition) is 3. The predicted molar refractivity (Wildman–Crippen MR) is 99.7 cm³/mol. The Morgan fingerprint density at radius 2 is 2.00 bits per heavy atom. The lowest BCUT2D eigenvalue weighted by Crippen LogP contribution is -2.49. The Balaban J connectivity index is 1.41. The van der Waals surface area contributed by atoms with Gasteiger partial charge in [0.2, 0.25) is 5.91 Å². The molecule has 1 amide bonds. The number of nitrogens with one attached hydrogen (secondary N) is 1. The van der Waals surface area contributed by atoms with Crippen molar-refractivity contribution in [2.45, 2.75) is 13.3 Å². The molecule has 0 bridgehead atoms. The van der Waals surface area contributed by atoms with E-state index in [1.807, 2.05) is 23.2 Å². The topological polar surface area (TPSA) is 52.2 Å². The summed E-state index contributed by atoms with van der Waals surface area (Å²) in [7, 11) is 0. The maximum Gasteiger partial charge on any atom is 0.227 e. The minimum atomic E-state index is -0.336. The number of piperazine rings is 1. The summed E-state index contributed by atoms with van der Waals surface area (Å²) in [4.78, 5) is 24.1. The maximum atomic E-state index is 13.0. The Bertz CT molecular complexity index is 927. The Hall–Kier alpha value is -2.89. The Morgan fingerprint density at radius 3 is 2.73 bits per heavy atom. The van der Waals surface area contributed by atoms with E-state index in [-0.39, 0.29) is 11.7 Å². The molecule has 6 heteroatoms. The molecule has 0 saturated carbocycles. The van der Waals surface area contributed by atoms with Crippen LogP contribution in [-0.2, 0) is 11.2 Å². The number of fused-ring (bicyclic) bond motifs is 1. The number of aryl methyl sites for hydroxylation is 1. The molecule has 4 rings (SSSR count). The average molecular weight is 352 g/mol. The van der Waals surface area contributed by atoms with Gasteiger partial charge in [-0.1, -0.05) is 12.1 Å². The predicted octanol–water partition coefficient (Wildman–Crippen LogP) is 2.90. The fraction of sp³-hybridized carbons (Fsp3) is 0.300. The fourth-order valence-corrected chi connectivity index (χ4v) is 3.61. The molecule has 1 N–H and O–H groups in total. The van der Waals surface area contributed by atoms with Gasteiger partial charge in [0.15, 0.2) is 0 Å². The number of amides is 1. The van der Waals surface area contributed by atoms with Crippen LogP contribution in [0.2, 0.25) is 0 Å². The van der Waals surface area contributed by atoms with Gasteiger partial charge in [-0.2, -0.15) is 0 Å². The first kappa shape index (κ1) is 16.6. The molecule has 0 unspecified atom stereocenters. The fourth-order valence-electron chi connectivity index (χ4n) is 3.61. The largest absolute Gasteiger partial charge is 0.361 e. The second-order valence-corrected chi connectivity index (χ2v) is 6.69. The monoisotopic (exact) mass is 352 g/mol. The molecule has 1 fully saturated rings. The molecule has 0 radical (unpaired) electrons. The number of hydrogen-bond donors (Lipinski definition) is 1. The Kier molecular flexibility index (Phi) is 4.32. The zero-order valence-electron chi connectivity index (χ0n) is 14.7. The molecular formula is C20H21FN4O.